The second-order valence-electron chi connectivity index (χ2n) is 7.17. The molecule has 0 saturated heterocycles. The first kappa shape index (κ1) is 19.0. The fourth-order valence-corrected chi connectivity index (χ4v) is 4.36. The molecule has 12 heteroatoms. The van der Waals surface area contributed by atoms with Crippen molar-refractivity contribution in [1.82, 2.24) is 29.2 Å². The Morgan fingerprint density at radius 3 is 2.70 bits per heavy atom. The van der Waals surface area contributed by atoms with Crippen LogP contribution in [0, 0.1) is 4.78 Å². The number of aromatic nitrogens is 6. The van der Waals surface area contributed by atoms with Gasteiger partial charge in [0.1, 0.15) is 5.56 Å². The van der Waals surface area contributed by atoms with Crippen molar-refractivity contribution in [3.8, 4) is 11.4 Å². The number of halogens is 3. The average molecular weight is 435 g/mol. The van der Waals surface area contributed by atoms with Crippen LogP contribution in [0.1, 0.15) is 36.9 Å². The Morgan fingerprint density at radius 1 is 1.27 bits per heavy atom. The number of nitrogens with zero attached hydrogens (tertiary/aromatic N) is 6. The monoisotopic (exact) mass is 435 g/mol. The molecule has 0 aliphatic heterocycles. The van der Waals surface area contributed by atoms with Crippen LogP contribution in [0.2, 0.25) is 0 Å². The third kappa shape index (κ3) is 2.93. The van der Waals surface area contributed by atoms with Crippen LogP contribution in [0.15, 0.2) is 35.6 Å². The molecular weight excluding hydrogens is 419 g/mol. The Labute approximate surface area is 168 Å². The van der Waals surface area contributed by atoms with Crippen molar-refractivity contribution in [1.29, 1.82) is 4.78 Å². The lowest BCUT2D eigenvalue weighted by atomic mass is 10.2. The van der Waals surface area contributed by atoms with Crippen molar-refractivity contribution < 1.29 is 17.4 Å². The number of nitrogens with one attached hydrogen (secondary N) is 1. The fourth-order valence-electron chi connectivity index (χ4n) is 3.36. The number of hydrogen-bond acceptors (Lipinski definition) is 6. The maximum absolute atomic E-state index is 13.1. The van der Waals surface area contributed by atoms with E-state index in [1.54, 1.807) is 17.6 Å². The van der Waals surface area contributed by atoms with Crippen LogP contribution in [-0.2, 0) is 15.9 Å². The SMILES string of the molecule is CCS(=N)(=O)c1nn2c(C3CC3)ccnc2c1-c1nc2cc(C(F)(F)F)ccn2n1. The smallest absolute Gasteiger partial charge is 0.247 e. The van der Waals surface area contributed by atoms with Gasteiger partial charge in [-0.25, -0.2) is 28.0 Å². The fraction of sp³-hybridized carbons (Fsp3) is 0.333. The van der Waals surface area contributed by atoms with Gasteiger partial charge in [0.15, 0.2) is 22.1 Å². The number of rotatable bonds is 4. The van der Waals surface area contributed by atoms with E-state index in [0.29, 0.717) is 11.6 Å². The zero-order valence-electron chi connectivity index (χ0n) is 15.7. The zero-order valence-corrected chi connectivity index (χ0v) is 16.5. The molecule has 0 spiro atoms. The quantitative estimate of drug-likeness (QED) is 0.526. The minimum atomic E-state index is -4.51. The molecule has 1 fully saturated rings. The van der Waals surface area contributed by atoms with E-state index in [1.807, 2.05) is 6.07 Å². The Kier molecular flexibility index (Phi) is 3.95. The number of fused-ring (bicyclic) bond motifs is 2. The second-order valence-corrected chi connectivity index (χ2v) is 9.49. The largest absolute Gasteiger partial charge is 0.416 e. The molecule has 30 heavy (non-hydrogen) atoms. The highest BCUT2D eigenvalue weighted by atomic mass is 32.2. The van der Waals surface area contributed by atoms with E-state index in [9.17, 15) is 17.4 Å². The van der Waals surface area contributed by atoms with Crippen LogP contribution >= 0.6 is 0 Å². The number of pyridine rings is 1. The predicted molar refractivity (Wildman–Crippen MR) is 102 cm³/mol. The van der Waals surface area contributed by atoms with Gasteiger partial charge in [0, 0.05) is 29.8 Å². The van der Waals surface area contributed by atoms with Crippen molar-refractivity contribution in [2.24, 2.45) is 0 Å². The van der Waals surface area contributed by atoms with Crippen LogP contribution in [0.3, 0.4) is 0 Å². The highest BCUT2D eigenvalue weighted by molar-refractivity contribution is 7.92. The Balaban J connectivity index is 1.79. The first-order valence-corrected chi connectivity index (χ1v) is 11.0. The normalized spacial score (nSPS) is 16.9. The maximum Gasteiger partial charge on any atom is 0.416 e. The lowest BCUT2D eigenvalue weighted by molar-refractivity contribution is -0.137. The van der Waals surface area contributed by atoms with Gasteiger partial charge >= 0.3 is 6.18 Å². The summed E-state index contributed by atoms with van der Waals surface area (Å²) in [5, 5.41) is 8.70. The molecule has 1 aliphatic rings. The van der Waals surface area contributed by atoms with Gasteiger partial charge < -0.3 is 0 Å². The number of alkyl halides is 3. The summed E-state index contributed by atoms with van der Waals surface area (Å²) in [7, 11) is -3.27. The topological polar surface area (TPSA) is 101 Å². The van der Waals surface area contributed by atoms with Gasteiger partial charge in [-0.05, 0) is 31.0 Å². The van der Waals surface area contributed by atoms with Gasteiger partial charge in [-0.3, -0.25) is 0 Å². The molecule has 1 unspecified atom stereocenters. The van der Waals surface area contributed by atoms with E-state index in [1.165, 1.54) is 10.7 Å². The highest BCUT2D eigenvalue weighted by Crippen LogP contribution is 2.41. The maximum atomic E-state index is 13.1. The molecule has 1 atom stereocenters. The van der Waals surface area contributed by atoms with Gasteiger partial charge in [-0.2, -0.15) is 18.3 Å². The summed E-state index contributed by atoms with van der Waals surface area (Å²) in [6.07, 6.45) is 0.261. The first-order chi connectivity index (χ1) is 14.2. The summed E-state index contributed by atoms with van der Waals surface area (Å²) in [6, 6.07) is 3.63. The van der Waals surface area contributed by atoms with E-state index >= 15 is 0 Å². The van der Waals surface area contributed by atoms with Crippen LogP contribution in [0.4, 0.5) is 13.2 Å². The Bertz CT molecular complexity index is 1400. The van der Waals surface area contributed by atoms with Crippen LogP contribution in [-0.4, -0.2) is 39.2 Å². The first-order valence-electron chi connectivity index (χ1n) is 9.27. The van der Waals surface area contributed by atoms with E-state index in [0.717, 1.165) is 30.7 Å². The summed E-state index contributed by atoms with van der Waals surface area (Å²) in [5.74, 6) is 0.366. The summed E-state index contributed by atoms with van der Waals surface area (Å²) in [6.45, 7) is 1.62. The molecule has 4 aromatic heterocycles. The Morgan fingerprint density at radius 2 is 2.03 bits per heavy atom. The molecule has 156 valence electrons. The second kappa shape index (κ2) is 6.24. The van der Waals surface area contributed by atoms with E-state index in [4.69, 9.17) is 4.78 Å². The van der Waals surface area contributed by atoms with Crippen molar-refractivity contribution in [2.75, 3.05) is 5.75 Å². The summed E-state index contributed by atoms with van der Waals surface area (Å²) >= 11 is 0. The predicted octanol–water partition coefficient (Wildman–Crippen LogP) is 3.76. The lowest BCUT2D eigenvalue weighted by Gasteiger charge is -2.05. The van der Waals surface area contributed by atoms with E-state index in [-0.39, 0.29) is 27.8 Å². The molecule has 0 amide bonds. The van der Waals surface area contributed by atoms with Crippen molar-refractivity contribution in [3.63, 3.8) is 0 Å². The molecule has 4 aromatic rings. The summed E-state index contributed by atoms with van der Waals surface area (Å²) < 4.78 is 63.2. The van der Waals surface area contributed by atoms with Gasteiger partial charge in [-0.1, -0.05) is 6.92 Å². The molecule has 1 aliphatic carbocycles. The van der Waals surface area contributed by atoms with Crippen LogP contribution in [0.5, 0.6) is 0 Å². The third-order valence-corrected chi connectivity index (χ3v) is 6.84. The lowest BCUT2D eigenvalue weighted by Crippen LogP contribution is -2.05. The molecule has 0 bridgehead atoms. The van der Waals surface area contributed by atoms with Gasteiger partial charge in [0.05, 0.1) is 15.3 Å². The molecule has 8 nitrogen and oxygen atoms in total. The third-order valence-electron chi connectivity index (χ3n) is 5.12. The van der Waals surface area contributed by atoms with E-state index in [2.05, 4.69) is 20.2 Å². The molecular formula is C18H16F3N7OS. The molecule has 0 aromatic carbocycles. The van der Waals surface area contributed by atoms with Crippen molar-refractivity contribution in [3.05, 3.63) is 41.9 Å². The van der Waals surface area contributed by atoms with E-state index < -0.39 is 21.5 Å². The summed E-state index contributed by atoms with van der Waals surface area (Å²) in [5.41, 5.74) is 0.589. The molecule has 5 rings (SSSR count). The zero-order chi connectivity index (χ0) is 21.3. The molecule has 1 saturated carbocycles. The number of hydrogen-bond donors (Lipinski definition) is 1. The Hall–Kier alpha value is -3.02. The van der Waals surface area contributed by atoms with Crippen molar-refractivity contribution >= 4 is 21.0 Å². The summed E-state index contributed by atoms with van der Waals surface area (Å²) in [4.78, 5) is 8.57. The van der Waals surface area contributed by atoms with Crippen LogP contribution < -0.4 is 0 Å². The van der Waals surface area contributed by atoms with Gasteiger partial charge in [0.2, 0.25) is 0 Å². The molecule has 0 radical (unpaired) electrons. The average Bonchev–Trinajstić information content (AvgIpc) is 3.33. The van der Waals surface area contributed by atoms with Gasteiger partial charge in [0.25, 0.3) is 0 Å². The van der Waals surface area contributed by atoms with Gasteiger partial charge in [-0.15, -0.1) is 5.10 Å². The van der Waals surface area contributed by atoms with Crippen molar-refractivity contribution in [2.45, 2.75) is 36.9 Å². The standard InChI is InChI=1S/C18H16F3N7OS/c1-2-30(22,29)17-14(16-23-7-5-12(10-3-4-10)28(16)26-17)15-24-13-9-11(18(19,20)21)6-8-27(13)25-15/h5-10,22H,2-4H2,1H3. The highest BCUT2D eigenvalue weighted by Gasteiger charge is 2.33. The van der Waals surface area contributed by atoms with Crippen LogP contribution in [0.25, 0.3) is 22.7 Å². The minimum Gasteiger partial charge on any atom is -0.247 e. The minimum absolute atomic E-state index is 0.00227. The molecule has 1 N–H and O–H groups in total. The molecule has 4 heterocycles.